The molecule has 0 radical (unpaired) electrons. The van der Waals surface area contributed by atoms with Gasteiger partial charge in [0.2, 0.25) is 17.8 Å². The fourth-order valence-corrected chi connectivity index (χ4v) is 4.32. The summed E-state index contributed by atoms with van der Waals surface area (Å²) in [5.41, 5.74) is 6.24. The molecule has 166 valence electrons. The van der Waals surface area contributed by atoms with E-state index in [1.807, 2.05) is 0 Å². The van der Waals surface area contributed by atoms with Crippen molar-refractivity contribution in [3.8, 4) is 0 Å². The quantitative estimate of drug-likeness (QED) is 0.578. The number of nitrogens with one attached hydrogen (secondary N) is 1. The Balaban J connectivity index is 1.41. The van der Waals surface area contributed by atoms with Crippen molar-refractivity contribution < 1.29 is 19.1 Å². The molecule has 2 aliphatic heterocycles. The zero-order valence-electron chi connectivity index (χ0n) is 17.2. The largest absolute Gasteiger partial charge is 0.378 e. The second kappa shape index (κ2) is 10.1. The van der Waals surface area contributed by atoms with E-state index in [-0.39, 0.29) is 17.8 Å². The summed E-state index contributed by atoms with van der Waals surface area (Å²) in [7, 11) is 0. The van der Waals surface area contributed by atoms with Gasteiger partial charge in [-0.25, -0.2) is 0 Å². The maximum atomic E-state index is 12.4. The number of aromatic nitrogens is 3. The van der Waals surface area contributed by atoms with Crippen molar-refractivity contribution in [3.63, 3.8) is 0 Å². The predicted octanol–water partition coefficient (Wildman–Crippen LogP) is 1.12. The lowest BCUT2D eigenvalue weighted by molar-refractivity contribution is -0.113. The first-order valence-electron chi connectivity index (χ1n) is 10.3. The molecule has 2 amide bonds. The van der Waals surface area contributed by atoms with Gasteiger partial charge < -0.3 is 25.4 Å². The molecule has 10 nitrogen and oxygen atoms in total. The van der Waals surface area contributed by atoms with E-state index in [1.54, 1.807) is 24.3 Å². The van der Waals surface area contributed by atoms with Crippen LogP contribution in [0.1, 0.15) is 23.2 Å². The number of carbonyl (C=O) groups is 2. The van der Waals surface area contributed by atoms with Crippen molar-refractivity contribution in [2.24, 2.45) is 5.73 Å². The molecule has 2 saturated heterocycles. The number of primary amides is 1. The lowest BCUT2D eigenvalue weighted by atomic mass is 10.2. The molecule has 0 bridgehead atoms. The Morgan fingerprint density at radius 3 is 2.61 bits per heavy atom. The number of anilines is 2. The van der Waals surface area contributed by atoms with Gasteiger partial charge in [0.05, 0.1) is 31.6 Å². The van der Waals surface area contributed by atoms with E-state index >= 15 is 0 Å². The lowest BCUT2D eigenvalue weighted by Crippen LogP contribution is -2.38. The van der Waals surface area contributed by atoms with Crippen molar-refractivity contribution in [2.45, 2.75) is 30.6 Å². The Kier molecular flexibility index (Phi) is 7.05. The van der Waals surface area contributed by atoms with Crippen LogP contribution in [-0.2, 0) is 20.8 Å². The van der Waals surface area contributed by atoms with Gasteiger partial charge in [0.1, 0.15) is 0 Å². The zero-order chi connectivity index (χ0) is 21.6. The van der Waals surface area contributed by atoms with E-state index in [2.05, 4.69) is 25.0 Å². The van der Waals surface area contributed by atoms with Crippen LogP contribution in [0.3, 0.4) is 0 Å². The summed E-state index contributed by atoms with van der Waals surface area (Å²) in [4.78, 5) is 25.8. The lowest BCUT2D eigenvalue weighted by Gasteiger charge is -2.28. The van der Waals surface area contributed by atoms with Crippen LogP contribution < -0.4 is 16.0 Å². The molecule has 1 aromatic heterocycles. The molecule has 2 fully saturated rings. The number of ether oxygens (including phenoxy) is 2. The summed E-state index contributed by atoms with van der Waals surface area (Å²) in [6.45, 7) is 4.28. The fourth-order valence-electron chi connectivity index (χ4n) is 3.58. The first-order valence-corrected chi connectivity index (χ1v) is 11.3. The highest BCUT2D eigenvalue weighted by molar-refractivity contribution is 7.99. The van der Waals surface area contributed by atoms with Gasteiger partial charge in [-0.05, 0) is 37.1 Å². The van der Waals surface area contributed by atoms with Gasteiger partial charge >= 0.3 is 0 Å². The molecule has 1 aromatic carbocycles. The molecule has 2 aliphatic rings. The number of benzene rings is 1. The SMILES string of the molecule is NC(=O)c1ccc(NC(=O)CSc2nnc(N3CCOCC3)n2CC2CCCO2)cc1. The molecular formula is C20H26N6O4S. The minimum absolute atomic E-state index is 0.132. The molecule has 31 heavy (non-hydrogen) atoms. The van der Waals surface area contributed by atoms with Crippen LogP contribution in [0.4, 0.5) is 11.6 Å². The van der Waals surface area contributed by atoms with Gasteiger partial charge in [-0.15, -0.1) is 10.2 Å². The first kappa shape index (κ1) is 21.6. The minimum atomic E-state index is -0.505. The molecule has 0 aliphatic carbocycles. The van der Waals surface area contributed by atoms with Crippen LogP contribution in [0.25, 0.3) is 0 Å². The molecule has 0 saturated carbocycles. The Hall–Kier alpha value is -2.63. The highest BCUT2D eigenvalue weighted by Gasteiger charge is 2.25. The molecular weight excluding hydrogens is 420 g/mol. The van der Waals surface area contributed by atoms with Gasteiger partial charge in [-0.3, -0.25) is 14.2 Å². The molecule has 4 rings (SSSR count). The van der Waals surface area contributed by atoms with Crippen LogP contribution in [-0.4, -0.2) is 71.3 Å². The smallest absolute Gasteiger partial charge is 0.248 e. The second-order valence-corrected chi connectivity index (χ2v) is 8.35. The van der Waals surface area contributed by atoms with Crippen molar-refractivity contribution in [1.82, 2.24) is 14.8 Å². The Morgan fingerprint density at radius 2 is 1.94 bits per heavy atom. The minimum Gasteiger partial charge on any atom is -0.378 e. The molecule has 2 aromatic rings. The normalized spacial score (nSPS) is 18.8. The molecule has 11 heteroatoms. The number of amides is 2. The van der Waals surface area contributed by atoms with Crippen LogP contribution in [0, 0.1) is 0 Å². The van der Waals surface area contributed by atoms with Gasteiger partial charge in [0.15, 0.2) is 5.16 Å². The van der Waals surface area contributed by atoms with E-state index < -0.39 is 5.91 Å². The monoisotopic (exact) mass is 446 g/mol. The standard InChI is InChI=1S/C20H26N6O4S/c21-18(28)14-3-5-15(6-4-14)22-17(27)13-31-20-24-23-19(25-7-10-29-11-8-25)26(20)12-16-2-1-9-30-16/h3-6,16H,1-2,7-13H2,(H2,21,28)(H,22,27). The van der Waals surface area contributed by atoms with Crippen LogP contribution >= 0.6 is 11.8 Å². The topological polar surface area (TPSA) is 125 Å². The number of hydrogen-bond donors (Lipinski definition) is 2. The van der Waals surface area contributed by atoms with Crippen molar-refractivity contribution in [1.29, 1.82) is 0 Å². The van der Waals surface area contributed by atoms with Gasteiger partial charge in [-0.1, -0.05) is 11.8 Å². The summed E-state index contributed by atoms with van der Waals surface area (Å²) in [6.07, 6.45) is 2.19. The van der Waals surface area contributed by atoms with Gasteiger partial charge in [0, 0.05) is 30.9 Å². The van der Waals surface area contributed by atoms with Crippen molar-refractivity contribution in [2.75, 3.05) is 48.9 Å². The van der Waals surface area contributed by atoms with Crippen LogP contribution in [0.15, 0.2) is 29.4 Å². The summed E-state index contributed by atoms with van der Waals surface area (Å²) < 4.78 is 13.3. The Morgan fingerprint density at radius 1 is 1.16 bits per heavy atom. The number of morpholine rings is 1. The molecule has 1 atom stereocenters. The highest BCUT2D eigenvalue weighted by Crippen LogP contribution is 2.26. The summed E-state index contributed by atoms with van der Waals surface area (Å²) in [5.74, 6) is 0.305. The van der Waals surface area contributed by atoms with Crippen molar-refractivity contribution in [3.05, 3.63) is 29.8 Å². The average Bonchev–Trinajstić information content (AvgIpc) is 3.44. The van der Waals surface area contributed by atoms with E-state index in [4.69, 9.17) is 15.2 Å². The number of hydrogen-bond acceptors (Lipinski definition) is 8. The number of carbonyl (C=O) groups excluding carboxylic acids is 2. The Labute approximate surface area is 184 Å². The number of rotatable bonds is 8. The zero-order valence-corrected chi connectivity index (χ0v) is 18.0. The van der Waals surface area contributed by atoms with E-state index in [0.29, 0.717) is 36.2 Å². The third-order valence-electron chi connectivity index (χ3n) is 5.19. The highest BCUT2D eigenvalue weighted by atomic mass is 32.2. The van der Waals surface area contributed by atoms with Crippen molar-refractivity contribution >= 4 is 35.2 Å². The average molecular weight is 447 g/mol. The third kappa shape index (κ3) is 5.54. The third-order valence-corrected chi connectivity index (χ3v) is 6.15. The number of thioether (sulfide) groups is 1. The van der Waals surface area contributed by atoms with E-state index in [9.17, 15) is 9.59 Å². The maximum absolute atomic E-state index is 12.4. The van der Waals surface area contributed by atoms with E-state index in [0.717, 1.165) is 38.5 Å². The van der Waals surface area contributed by atoms with E-state index in [1.165, 1.54) is 11.8 Å². The van der Waals surface area contributed by atoms with Crippen LogP contribution in [0.2, 0.25) is 0 Å². The first-order chi connectivity index (χ1) is 15.1. The van der Waals surface area contributed by atoms with Gasteiger partial charge in [-0.2, -0.15) is 0 Å². The molecule has 3 heterocycles. The molecule has 1 unspecified atom stereocenters. The van der Waals surface area contributed by atoms with Gasteiger partial charge in [0.25, 0.3) is 0 Å². The number of nitrogens with zero attached hydrogens (tertiary/aromatic N) is 4. The second-order valence-electron chi connectivity index (χ2n) is 7.41. The summed E-state index contributed by atoms with van der Waals surface area (Å²) in [6, 6.07) is 6.47. The fraction of sp³-hybridized carbons (Fsp3) is 0.500. The Bertz CT molecular complexity index is 907. The van der Waals surface area contributed by atoms with Crippen LogP contribution in [0.5, 0.6) is 0 Å². The molecule has 0 spiro atoms. The molecule has 3 N–H and O–H groups in total. The summed E-state index contributed by atoms with van der Waals surface area (Å²) >= 11 is 1.34. The summed E-state index contributed by atoms with van der Waals surface area (Å²) in [5, 5.41) is 12.3. The predicted molar refractivity (Wildman–Crippen MR) is 116 cm³/mol. The number of nitrogens with two attached hydrogens (primary N) is 1. The maximum Gasteiger partial charge on any atom is 0.248 e.